The molecule has 0 spiro atoms. The van der Waals surface area contributed by atoms with Crippen LogP contribution < -0.4 is 11.1 Å². The second-order valence-electron chi connectivity index (χ2n) is 6.81. The number of thioether (sulfide) groups is 1. The zero-order valence-corrected chi connectivity index (χ0v) is 18.2. The topological polar surface area (TPSA) is 75.4 Å². The van der Waals surface area contributed by atoms with Gasteiger partial charge in [0.1, 0.15) is 6.04 Å². The van der Waals surface area contributed by atoms with Crippen molar-refractivity contribution in [2.75, 3.05) is 25.1 Å². The zero-order valence-electron chi connectivity index (χ0n) is 15.8. The van der Waals surface area contributed by atoms with Crippen LogP contribution in [-0.2, 0) is 4.79 Å². The average molecular weight is 434 g/mol. The first-order chi connectivity index (χ1) is 12.4. The van der Waals surface area contributed by atoms with Gasteiger partial charge in [0.25, 0.3) is 5.91 Å². The molecule has 8 heteroatoms. The highest BCUT2D eigenvalue weighted by molar-refractivity contribution is 7.98. The van der Waals surface area contributed by atoms with E-state index >= 15 is 0 Å². The molecule has 3 N–H and O–H groups in total. The Hall–Kier alpha value is -0.950. The molecular weight excluding hydrogens is 405 g/mol. The fourth-order valence-corrected chi connectivity index (χ4v) is 3.93. The van der Waals surface area contributed by atoms with Crippen molar-refractivity contribution in [1.29, 1.82) is 0 Å². The van der Waals surface area contributed by atoms with Crippen LogP contribution in [-0.4, -0.2) is 53.9 Å². The molecule has 5 nitrogen and oxygen atoms in total. The van der Waals surface area contributed by atoms with E-state index in [2.05, 4.69) is 5.32 Å². The molecular formula is C19H29Cl2N3O2S. The Bertz CT molecular complexity index is 623. The van der Waals surface area contributed by atoms with Crippen molar-refractivity contribution < 1.29 is 9.59 Å². The van der Waals surface area contributed by atoms with Crippen LogP contribution in [0.5, 0.6) is 0 Å². The third-order valence-electron chi connectivity index (χ3n) is 4.93. The molecule has 1 aromatic rings. The molecule has 0 bridgehead atoms. The Morgan fingerprint density at radius 2 is 1.96 bits per heavy atom. The van der Waals surface area contributed by atoms with Crippen LogP contribution in [0.15, 0.2) is 24.3 Å². The van der Waals surface area contributed by atoms with E-state index in [9.17, 15) is 9.59 Å². The summed E-state index contributed by atoms with van der Waals surface area (Å²) < 4.78 is 0. The van der Waals surface area contributed by atoms with Gasteiger partial charge in [0, 0.05) is 19.1 Å². The lowest BCUT2D eigenvalue weighted by Crippen LogP contribution is -2.52. The third kappa shape index (κ3) is 6.86. The highest BCUT2D eigenvalue weighted by atomic mass is 35.5. The summed E-state index contributed by atoms with van der Waals surface area (Å²) in [7, 11) is 0. The molecule has 0 radical (unpaired) electrons. The van der Waals surface area contributed by atoms with Crippen molar-refractivity contribution >= 4 is 47.6 Å². The highest BCUT2D eigenvalue weighted by Crippen LogP contribution is 2.21. The van der Waals surface area contributed by atoms with E-state index in [0.29, 0.717) is 36.0 Å². The fraction of sp³-hybridized carbons (Fsp3) is 0.579. The van der Waals surface area contributed by atoms with Crippen LogP contribution in [0.2, 0.25) is 5.02 Å². The highest BCUT2D eigenvalue weighted by Gasteiger charge is 2.30. The molecule has 1 aliphatic rings. The smallest absolute Gasteiger partial charge is 0.253 e. The molecule has 1 aliphatic heterocycles. The van der Waals surface area contributed by atoms with Crippen LogP contribution in [0, 0.1) is 5.92 Å². The Morgan fingerprint density at radius 3 is 2.52 bits per heavy atom. The summed E-state index contributed by atoms with van der Waals surface area (Å²) >= 11 is 7.77. The van der Waals surface area contributed by atoms with Crippen LogP contribution in [0.25, 0.3) is 0 Å². The van der Waals surface area contributed by atoms with E-state index in [-0.39, 0.29) is 30.3 Å². The lowest BCUT2D eigenvalue weighted by atomic mass is 9.90. The van der Waals surface area contributed by atoms with Crippen molar-refractivity contribution in [1.82, 2.24) is 10.2 Å². The minimum Gasteiger partial charge on any atom is -0.341 e. The van der Waals surface area contributed by atoms with E-state index < -0.39 is 6.04 Å². The second kappa shape index (κ2) is 11.8. The summed E-state index contributed by atoms with van der Waals surface area (Å²) in [6, 6.07) is 6.50. The van der Waals surface area contributed by atoms with Crippen molar-refractivity contribution in [2.45, 2.75) is 38.3 Å². The summed E-state index contributed by atoms with van der Waals surface area (Å²) in [6.45, 7) is 3.42. The number of carbonyl (C=O) groups excluding carboxylic acids is 2. The fourth-order valence-electron chi connectivity index (χ4n) is 3.24. The summed E-state index contributed by atoms with van der Waals surface area (Å²) in [5.74, 6) is 0.944. The van der Waals surface area contributed by atoms with Gasteiger partial charge in [-0.25, -0.2) is 0 Å². The number of benzene rings is 1. The van der Waals surface area contributed by atoms with Gasteiger partial charge in [0.2, 0.25) is 5.91 Å². The second-order valence-corrected chi connectivity index (χ2v) is 8.20. The number of hydrogen-bond acceptors (Lipinski definition) is 4. The first kappa shape index (κ1) is 24.1. The van der Waals surface area contributed by atoms with E-state index in [1.807, 2.05) is 18.1 Å². The average Bonchev–Trinajstić information content (AvgIpc) is 2.64. The molecule has 0 saturated carbocycles. The summed E-state index contributed by atoms with van der Waals surface area (Å²) in [4.78, 5) is 27.4. The maximum absolute atomic E-state index is 13.0. The van der Waals surface area contributed by atoms with Crippen LogP contribution in [0.1, 0.15) is 36.5 Å². The van der Waals surface area contributed by atoms with Gasteiger partial charge >= 0.3 is 0 Å². The molecule has 1 fully saturated rings. The molecule has 2 atom stereocenters. The number of carbonyl (C=O) groups is 2. The molecule has 0 aliphatic carbocycles. The van der Waals surface area contributed by atoms with Crippen molar-refractivity contribution in [3.05, 3.63) is 34.9 Å². The van der Waals surface area contributed by atoms with Crippen molar-refractivity contribution in [3.63, 3.8) is 0 Å². The van der Waals surface area contributed by atoms with E-state index in [4.69, 9.17) is 17.3 Å². The van der Waals surface area contributed by atoms with Crippen LogP contribution in [0.4, 0.5) is 0 Å². The SMILES string of the molecule is CSCCC(NC(=O)c1ccccc1Cl)C(=O)N1CCC(C(C)N)CC1.Cl. The molecule has 1 saturated heterocycles. The first-order valence-electron chi connectivity index (χ1n) is 9.02. The number of halogens is 2. The first-order valence-corrected chi connectivity index (χ1v) is 10.8. The maximum atomic E-state index is 13.0. The molecule has 0 aromatic heterocycles. The predicted molar refractivity (Wildman–Crippen MR) is 116 cm³/mol. The summed E-state index contributed by atoms with van der Waals surface area (Å²) in [6.07, 6.45) is 4.42. The van der Waals surface area contributed by atoms with Crippen molar-refractivity contribution in [2.24, 2.45) is 11.7 Å². The largest absolute Gasteiger partial charge is 0.341 e. The number of amides is 2. The normalized spacial score (nSPS) is 17.0. The van der Waals surface area contributed by atoms with Gasteiger partial charge in [-0.05, 0) is 56.2 Å². The number of hydrogen-bond donors (Lipinski definition) is 2. The third-order valence-corrected chi connectivity index (χ3v) is 5.90. The number of nitrogens with zero attached hydrogens (tertiary/aromatic N) is 1. The molecule has 2 rings (SSSR count). The minimum absolute atomic E-state index is 0. The van der Waals surface area contributed by atoms with Gasteiger partial charge in [0.05, 0.1) is 10.6 Å². The molecule has 152 valence electrons. The molecule has 2 amide bonds. The predicted octanol–water partition coefficient (Wildman–Crippen LogP) is 3.20. The maximum Gasteiger partial charge on any atom is 0.253 e. The van der Waals surface area contributed by atoms with Gasteiger partial charge < -0.3 is 16.0 Å². The molecule has 1 heterocycles. The van der Waals surface area contributed by atoms with Gasteiger partial charge in [-0.2, -0.15) is 11.8 Å². The number of nitrogens with one attached hydrogen (secondary N) is 1. The Morgan fingerprint density at radius 1 is 1.33 bits per heavy atom. The van der Waals surface area contributed by atoms with Gasteiger partial charge in [-0.1, -0.05) is 23.7 Å². The lowest BCUT2D eigenvalue weighted by molar-refractivity contribution is -0.134. The minimum atomic E-state index is -0.530. The van der Waals surface area contributed by atoms with Gasteiger partial charge in [-0.15, -0.1) is 12.4 Å². The monoisotopic (exact) mass is 433 g/mol. The van der Waals surface area contributed by atoms with E-state index in [1.165, 1.54) is 0 Å². The summed E-state index contributed by atoms with van der Waals surface area (Å²) in [5, 5.41) is 3.28. The van der Waals surface area contributed by atoms with Crippen LogP contribution >= 0.6 is 35.8 Å². The van der Waals surface area contributed by atoms with Gasteiger partial charge in [-0.3, -0.25) is 9.59 Å². The number of likely N-dealkylation sites (tertiary alicyclic amines) is 1. The van der Waals surface area contributed by atoms with Crippen molar-refractivity contribution in [3.8, 4) is 0 Å². The van der Waals surface area contributed by atoms with E-state index in [1.54, 1.807) is 36.0 Å². The zero-order chi connectivity index (χ0) is 19.1. The number of nitrogens with two attached hydrogens (primary N) is 1. The van der Waals surface area contributed by atoms with Crippen LogP contribution in [0.3, 0.4) is 0 Å². The Labute approximate surface area is 177 Å². The lowest BCUT2D eigenvalue weighted by Gasteiger charge is -2.35. The quantitative estimate of drug-likeness (QED) is 0.691. The Kier molecular flexibility index (Phi) is 10.5. The summed E-state index contributed by atoms with van der Waals surface area (Å²) in [5.41, 5.74) is 6.38. The van der Waals surface area contributed by atoms with Gasteiger partial charge in [0.15, 0.2) is 0 Å². The molecule has 1 aromatic carbocycles. The number of rotatable bonds is 7. The standard InChI is InChI=1S/C19H28ClN3O2S.ClH/c1-13(21)14-7-10-23(11-8-14)19(25)17(9-12-26-2)22-18(24)15-5-3-4-6-16(15)20;/h3-6,13-14,17H,7-12,21H2,1-2H3,(H,22,24);1H. The molecule has 2 unspecified atom stereocenters. The Balaban J connectivity index is 0.00000364. The number of piperidine rings is 1. The molecule has 27 heavy (non-hydrogen) atoms. The van der Waals surface area contributed by atoms with E-state index in [0.717, 1.165) is 18.6 Å².